The third-order valence-corrected chi connectivity index (χ3v) is 4.84. The molecular weight excluding hydrogens is 290 g/mol. The largest absolute Gasteiger partial charge is 0.493 e. The van der Waals surface area contributed by atoms with Crippen molar-refractivity contribution in [3.05, 3.63) is 23.8 Å². The van der Waals surface area contributed by atoms with Gasteiger partial charge in [-0.1, -0.05) is 31.7 Å². The van der Waals surface area contributed by atoms with Gasteiger partial charge < -0.3 is 14.4 Å². The quantitative estimate of drug-likeness (QED) is 0.748. The Morgan fingerprint density at radius 1 is 1.09 bits per heavy atom. The SMILES string of the molecule is COc1ccc(CCC(=O)N(C)C2CCCCCC2)cc1OC. The van der Waals surface area contributed by atoms with Gasteiger partial charge in [-0.05, 0) is 37.0 Å². The molecule has 0 aliphatic heterocycles. The van der Waals surface area contributed by atoms with Gasteiger partial charge in [0.25, 0.3) is 0 Å². The van der Waals surface area contributed by atoms with Crippen LogP contribution in [-0.4, -0.2) is 38.1 Å². The average molecular weight is 319 g/mol. The lowest BCUT2D eigenvalue weighted by atomic mass is 10.1. The van der Waals surface area contributed by atoms with E-state index in [9.17, 15) is 4.79 Å². The summed E-state index contributed by atoms with van der Waals surface area (Å²) in [5.41, 5.74) is 1.10. The number of benzene rings is 1. The molecule has 0 bridgehead atoms. The van der Waals surface area contributed by atoms with Crippen molar-refractivity contribution in [2.45, 2.75) is 57.4 Å². The minimum absolute atomic E-state index is 0.242. The summed E-state index contributed by atoms with van der Waals surface area (Å²) in [5.74, 6) is 1.68. The number of rotatable bonds is 6. The Labute approximate surface area is 139 Å². The highest BCUT2D eigenvalue weighted by Gasteiger charge is 2.20. The maximum absolute atomic E-state index is 12.5. The Bertz CT molecular complexity index is 507. The van der Waals surface area contributed by atoms with Gasteiger partial charge in [0.05, 0.1) is 14.2 Å². The first-order chi connectivity index (χ1) is 11.2. The molecule has 4 nitrogen and oxygen atoms in total. The van der Waals surface area contributed by atoms with Crippen LogP contribution in [0.3, 0.4) is 0 Å². The van der Waals surface area contributed by atoms with E-state index >= 15 is 0 Å². The van der Waals surface area contributed by atoms with E-state index in [4.69, 9.17) is 9.47 Å². The van der Waals surface area contributed by atoms with E-state index in [-0.39, 0.29) is 5.91 Å². The monoisotopic (exact) mass is 319 g/mol. The predicted octanol–water partition coefficient (Wildman–Crippen LogP) is 3.82. The zero-order valence-corrected chi connectivity index (χ0v) is 14.6. The third kappa shape index (κ3) is 4.88. The molecule has 1 aromatic rings. The van der Waals surface area contributed by atoms with Crippen LogP contribution < -0.4 is 9.47 Å². The van der Waals surface area contributed by atoms with Crippen LogP contribution >= 0.6 is 0 Å². The molecule has 0 saturated heterocycles. The van der Waals surface area contributed by atoms with Crippen molar-refractivity contribution in [1.82, 2.24) is 4.90 Å². The summed E-state index contributed by atoms with van der Waals surface area (Å²) < 4.78 is 10.6. The fourth-order valence-electron chi connectivity index (χ4n) is 3.31. The average Bonchev–Trinajstić information content (AvgIpc) is 2.87. The van der Waals surface area contributed by atoms with Gasteiger partial charge in [-0.3, -0.25) is 4.79 Å². The van der Waals surface area contributed by atoms with Crippen LogP contribution in [0.15, 0.2) is 18.2 Å². The van der Waals surface area contributed by atoms with E-state index < -0.39 is 0 Å². The molecule has 0 atom stereocenters. The van der Waals surface area contributed by atoms with Crippen molar-refractivity contribution in [3.8, 4) is 11.5 Å². The van der Waals surface area contributed by atoms with Gasteiger partial charge >= 0.3 is 0 Å². The summed E-state index contributed by atoms with van der Waals surface area (Å²) in [6.07, 6.45) is 8.69. The Kier molecular flexibility index (Phi) is 6.75. The second kappa shape index (κ2) is 8.80. The molecule has 1 aliphatic carbocycles. The summed E-state index contributed by atoms with van der Waals surface area (Å²) in [7, 11) is 5.22. The van der Waals surface area contributed by atoms with Crippen LogP contribution in [0.4, 0.5) is 0 Å². The molecule has 0 heterocycles. The summed E-state index contributed by atoms with van der Waals surface area (Å²) >= 11 is 0. The van der Waals surface area contributed by atoms with E-state index in [2.05, 4.69) is 0 Å². The molecular formula is C19H29NO3. The highest BCUT2D eigenvalue weighted by Crippen LogP contribution is 2.28. The summed E-state index contributed by atoms with van der Waals surface area (Å²) in [5, 5.41) is 0. The molecule has 1 aromatic carbocycles. The molecule has 128 valence electrons. The standard InChI is InChI=1S/C19H29NO3/c1-20(16-8-6-4-5-7-9-16)19(21)13-11-15-10-12-17(22-2)18(14-15)23-3/h10,12,14,16H,4-9,11,13H2,1-3H3. The van der Waals surface area contributed by atoms with Crippen LogP contribution in [-0.2, 0) is 11.2 Å². The number of methoxy groups -OCH3 is 2. The van der Waals surface area contributed by atoms with Gasteiger partial charge in [-0.2, -0.15) is 0 Å². The summed E-state index contributed by atoms with van der Waals surface area (Å²) in [6.45, 7) is 0. The fraction of sp³-hybridized carbons (Fsp3) is 0.632. The fourth-order valence-corrected chi connectivity index (χ4v) is 3.31. The van der Waals surface area contributed by atoms with Crippen molar-refractivity contribution in [1.29, 1.82) is 0 Å². The number of aryl methyl sites for hydroxylation is 1. The molecule has 0 unspecified atom stereocenters. The number of ether oxygens (including phenoxy) is 2. The lowest BCUT2D eigenvalue weighted by Gasteiger charge is -2.27. The van der Waals surface area contributed by atoms with Gasteiger partial charge in [0, 0.05) is 19.5 Å². The summed E-state index contributed by atoms with van der Waals surface area (Å²) in [6, 6.07) is 6.28. The molecule has 1 saturated carbocycles. The second-order valence-electron chi connectivity index (χ2n) is 6.34. The van der Waals surface area contributed by atoms with Crippen LogP contribution in [0, 0.1) is 0 Å². The molecule has 0 N–H and O–H groups in total. The molecule has 1 fully saturated rings. The smallest absolute Gasteiger partial charge is 0.222 e. The Balaban J connectivity index is 1.90. The van der Waals surface area contributed by atoms with E-state index in [1.807, 2.05) is 30.1 Å². The number of carbonyl (C=O) groups excluding carboxylic acids is 1. The molecule has 0 spiro atoms. The topological polar surface area (TPSA) is 38.8 Å². The zero-order valence-electron chi connectivity index (χ0n) is 14.6. The number of nitrogens with zero attached hydrogens (tertiary/aromatic N) is 1. The normalized spacial score (nSPS) is 15.8. The minimum atomic E-state index is 0.242. The van der Waals surface area contributed by atoms with E-state index in [1.54, 1.807) is 14.2 Å². The Morgan fingerprint density at radius 3 is 2.35 bits per heavy atom. The number of amides is 1. The highest BCUT2D eigenvalue weighted by atomic mass is 16.5. The predicted molar refractivity (Wildman–Crippen MR) is 92.1 cm³/mol. The third-order valence-electron chi connectivity index (χ3n) is 4.84. The molecule has 2 rings (SSSR count). The van der Waals surface area contributed by atoms with Crippen LogP contribution in [0.2, 0.25) is 0 Å². The first-order valence-corrected chi connectivity index (χ1v) is 8.62. The maximum Gasteiger partial charge on any atom is 0.222 e. The molecule has 1 aliphatic rings. The molecule has 0 radical (unpaired) electrons. The van der Waals surface area contributed by atoms with Gasteiger partial charge in [-0.25, -0.2) is 0 Å². The first-order valence-electron chi connectivity index (χ1n) is 8.62. The second-order valence-corrected chi connectivity index (χ2v) is 6.34. The van der Waals surface area contributed by atoms with Crippen LogP contribution in [0.25, 0.3) is 0 Å². The van der Waals surface area contributed by atoms with Gasteiger partial charge in [0.15, 0.2) is 11.5 Å². The lowest BCUT2D eigenvalue weighted by molar-refractivity contribution is -0.132. The molecule has 1 amide bonds. The number of hydrogen-bond acceptors (Lipinski definition) is 3. The Hall–Kier alpha value is -1.71. The van der Waals surface area contributed by atoms with Crippen molar-refractivity contribution >= 4 is 5.91 Å². The number of hydrogen-bond donors (Lipinski definition) is 0. The van der Waals surface area contributed by atoms with E-state index in [0.29, 0.717) is 12.5 Å². The first kappa shape index (κ1) is 17.6. The van der Waals surface area contributed by atoms with Crippen molar-refractivity contribution < 1.29 is 14.3 Å². The van der Waals surface area contributed by atoms with E-state index in [1.165, 1.54) is 25.7 Å². The van der Waals surface area contributed by atoms with Crippen LogP contribution in [0.5, 0.6) is 11.5 Å². The minimum Gasteiger partial charge on any atom is -0.493 e. The van der Waals surface area contributed by atoms with Gasteiger partial charge in [0.1, 0.15) is 0 Å². The zero-order chi connectivity index (χ0) is 16.7. The lowest BCUT2D eigenvalue weighted by Crippen LogP contribution is -2.36. The van der Waals surface area contributed by atoms with Crippen molar-refractivity contribution in [3.63, 3.8) is 0 Å². The van der Waals surface area contributed by atoms with Crippen molar-refractivity contribution in [2.75, 3.05) is 21.3 Å². The molecule has 23 heavy (non-hydrogen) atoms. The van der Waals surface area contributed by atoms with Gasteiger partial charge in [0.2, 0.25) is 5.91 Å². The van der Waals surface area contributed by atoms with Crippen molar-refractivity contribution in [2.24, 2.45) is 0 Å². The maximum atomic E-state index is 12.5. The highest BCUT2D eigenvalue weighted by molar-refractivity contribution is 5.76. The number of carbonyl (C=O) groups is 1. The Morgan fingerprint density at radius 2 is 1.74 bits per heavy atom. The molecule has 0 aromatic heterocycles. The van der Waals surface area contributed by atoms with E-state index in [0.717, 1.165) is 36.3 Å². The summed E-state index contributed by atoms with van der Waals surface area (Å²) in [4.78, 5) is 14.5. The van der Waals surface area contributed by atoms with Crippen LogP contribution in [0.1, 0.15) is 50.5 Å². The molecule has 4 heteroatoms. The van der Waals surface area contributed by atoms with Gasteiger partial charge in [-0.15, -0.1) is 0 Å².